The van der Waals surface area contributed by atoms with Crippen LogP contribution in [0.3, 0.4) is 0 Å². The average Bonchev–Trinajstić information content (AvgIpc) is 2.74. The lowest BCUT2D eigenvalue weighted by Gasteiger charge is -2.33. The highest BCUT2D eigenvalue weighted by Crippen LogP contribution is 2.37. The highest BCUT2D eigenvalue weighted by Gasteiger charge is 2.35. The Bertz CT molecular complexity index is 1070. The number of para-hydroxylation sites is 1. The summed E-state index contributed by atoms with van der Waals surface area (Å²) in [6.07, 6.45) is -4.02. The van der Waals surface area contributed by atoms with Gasteiger partial charge in [-0.05, 0) is 12.1 Å². The predicted molar refractivity (Wildman–Crippen MR) is 106 cm³/mol. The average molecular weight is 440 g/mol. The number of hydrogen-bond donors (Lipinski definition) is 0. The number of halogens is 3. The molecule has 1 aromatic heterocycles. The second-order valence-electron chi connectivity index (χ2n) is 7.32. The van der Waals surface area contributed by atoms with E-state index in [2.05, 4.69) is 5.10 Å². The number of alkyl halides is 3. The molecule has 11 heteroatoms. The number of carbonyl (C=O) groups excluding carboxylic acids is 1. The van der Waals surface area contributed by atoms with Gasteiger partial charge in [0.1, 0.15) is 18.4 Å². The fraction of sp³-hybridized carbons (Fsp3) is 0.500. The molecule has 1 aliphatic heterocycles. The highest BCUT2D eigenvalue weighted by molar-refractivity contribution is 5.77. The van der Waals surface area contributed by atoms with Gasteiger partial charge in [0.25, 0.3) is 5.56 Å². The lowest BCUT2D eigenvalue weighted by atomic mass is 10.1. The van der Waals surface area contributed by atoms with Gasteiger partial charge in [-0.25, -0.2) is 9.48 Å². The maximum absolute atomic E-state index is 13.2. The summed E-state index contributed by atoms with van der Waals surface area (Å²) in [5, 5.41) is 4.09. The molecule has 1 fully saturated rings. The van der Waals surface area contributed by atoms with Crippen LogP contribution in [0.4, 0.5) is 19.0 Å². The van der Waals surface area contributed by atoms with Crippen molar-refractivity contribution in [2.75, 3.05) is 18.0 Å². The van der Waals surface area contributed by atoms with E-state index in [1.165, 1.54) is 25.2 Å². The Morgan fingerprint density at radius 3 is 2.45 bits per heavy atom. The van der Waals surface area contributed by atoms with Crippen LogP contribution in [0, 0.1) is 0 Å². The van der Waals surface area contributed by atoms with Crippen molar-refractivity contribution < 1.29 is 22.7 Å². The quantitative estimate of drug-likeness (QED) is 0.683. The number of Topliss-reactive ketones (excluding diaryl/α,β-unsaturated/α-hetero) is 1. The first-order chi connectivity index (χ1) is 14.6. The summed E-state index contributed by atoms with van der Waals surface area (Å²) >= 11 is 0. The van der Waals surface area contributed by atoms with Crippen LogP contribution in [-0.2, 0) is 24.6 Å². The van der Waals surface area contributed by atoms with Crippen molar-refractivity contribution in [2.45, 2.75) is 45.0 Å². The number of ketones is 1. The number of piperidine rings is 1. The molecule has 0 aliphatic carbocycles. The van der Waals surface area contributed by atoms with Gasteiger partial charge in [-0.15, -0.1) is 5.10 Å². The summed E-state index contributed by atoms with van der Waals surface area (Å²) in [5.74, 6) is -0.399. The highest BCUT2D eigenvalue weighted by atomic mass is 19.4. The van der Waals surface area contributed by atoms with Gasteiger partial charge in [0.05, 0.1) is 5.56 Å². The van der Waals surface area contributed by atoms with Crippen LogP contribution >= 0.6 is 0 Å². The van der Waals surface area contributed by atoms with Crippen LogP contribution in [-0.4, -0.2) is 39.3 Å². The third kappa shape index (κ3) is 4.97. The fourth-order valence-electron chi connectivity index (χ4n) is 3.36. The van der Waals surface area contributed by atoms with Gasteiger partial charge in [0.15, 0.2) is 5.78 Å². The van der Waals surface area contributed by atoms with Gasteiger partial charge in [-0.3, -0.25) is 14.2 Å². The van der Waals surface area contributed by atoms with Gasteiger partial charge in [-0.2, -0.15) is 13.2 Å². The Morgan fingerprint density at radius 1 is 1.19 bits per heavy atom. The number of aromatic nitrogens is 3. The molecule has 0 N–H and O–H groups in total. The minimum atomic E-state index is -4.52. The summed E-state index contributed by atoms with van der Waals surface area (Å²) in [4.78, 5) is 38.1. The Labute approximate surface area is 175 Å². The van der Waals surface area contributed by atoms with E-state index in [0.29, 0.717) is 25.9 Å². The molecule has 1 aliphatic rings. The number of benzene rings is 1. The molecule has 0 bridgehead atoms. The van der Waals surface area contributed by atoms with Crippen molar-refractivity contribution in [2.24, 2.45) is 7.05 Å². The Kier molecular flexibility index (Phi) is 6.51. The number of rotatable bonds is 6. The summed E-state index contributed by atoms with van der Waals surface area (Å²) in [7, 11) is 1.31. The second kappa shape index (κ2) is 8.94. The fourth-order valence-corrected chi connectivity index (χ4v) is 3.36. The van der Waals surface area contributed by atoms with Crippen LogP contribution in [0.5, 0.6) is 5.75 Å². The molecule has 0 radical (unpaired) electrons. The predicted octanol–water partition coefficient (Wildman–Crippen LogP) is 1.99. The molecule has 31 heavy (non-hydrogen) atoms. The minimum Gasteiger partial charge on any atom is -0.490 e. The zero-order valence-corrected chi connectivity index (χ0v) is 17.2. The van der Waals surface area contributed by atoms with Crippen LogP contribution in [0.2, 0.25) is 0 Å². The number of nitrogens with zero attached hydrogens (tertiary/aromatic N) is 4. The van der Waals surface area contributed by atoms with Crippen molar-refractivity contribution in [1.29, 1.82) is 0 Å². The van der Waals surface area contributed by atoms with Crippen molar-refractivity contribution in [3.05, 3.63) is 50.7 Å². The Hall–Kier alpha value is -3.11. The van der Waals surface area contributed by atoms with Gasteiger partial charge < -0.3 is 9.64 Å². The van der Waals surface area contributed by atoms with Gasteiger partial charge >= 0.3 is 11.9 Å². The molecule has 2 aromatic rings. The molecule has 3 rings (SSSR count). The molecule has 168 valence electrons. The van der Waals surface area contributed by atoms with Crippen LogP contribution < -0.4 is 20.9 Å². The zero-order chi connectivity index (χ0) is 22.8. The summed E-state index contributed by atoms with van der Waals surface area (Å²) < 4.78 is 47.0. The molecular weight excluding hydrogens is 417 g/mol. The first kappa shape index (κ1) is 22.6. The van der Waals surface area contributed by atoms with E-state index >= 15 is 0 Å². The van der Waals surface area contributed by atoms with E-state index in [1.807, 2.05) is 0 Å². The lowest BCUT2D eigenvalue weighted by molar-refractivity contribution is -0.139. The number of carbonyl (C=O) groups is 1. The topological polar surface area (TPSA) is 86.4 Å². The van der Waals surface area contributed by atoms with Crippen molar-refractivity contribution in [3.8, 4) is 5.75 Å². The molecule has 0 unspecified atom stereocenters. The maximum atomic E-state index is 13.2. The van der Waals surface area contributed by atoms with Crippen molar-refractivity contribution in [1.82, 2.24) is 14.3 Å². The Morgan fingerprint density at radius 2 is 1.84 bits per heavy atom. The largest absolute Gasteiger partial charge is 0.490 e. The molecule has 1 saturated heterocycles. The first-order valence-electron chi connectivity index (χ1n) is 9.89. The normalized spacial score (nSPS) is 15.2. The van der Waals surface area contributed by atoms with Gasteiger partial charge in [0, 0.05) is 39.4 Å². The van der Waals surface area contributed by atoms with E-state index in [0.717, 1.165) is 15.3 Å². The smallest absolute Gasteiger partial charge is 0.419 e. The number of ether oxygens (including phenoxy) is 1. The maximum Gasteiger partial charge on any atom is 0.419 e. The van der Waals surface area contributed by atoms with Gasteiger partial charge in [-0.1, -0.05) is 19.1 Å². The van der Waals surface area contributed by atoms with Crippen LogP contribution in [0.1, 0.15) is 31.7 Å². The zero-order valence-electron chi connectivity index (χ0n) is 17.2. The molecule has 2 heterocycles. The van der Waals surface area contributed by atoms with Crippen LogP contribution in [0.15, 0.2) is 33.9 Å². The van der Waals surface area contributed by atoms with E-state index in [-0.39, 0.29) is 30.3 Å². The second-order valence-corrected chi connectivity index (χ2v) is 7.32. The minimum absolute atomic E-state index is 0.0279. The van der Waals surface area contributed by atoms with Crippen LogP contribution in [0.25, 0.3) is 0 Å². The standard InChI is InChI=1S/C20H23F3N4O4/c1-3-13(28)12-27-19(30)25(2)18(29)17(24-27)26-10-8-14(9-11-26)31-16-7-5-4-6-15(16)20(21,22)23/h4-7,14H,3,8-12H2,1-2H3. The Balaban J connectivity index is 1.75. The van der Waals surface area contributed by atoms with E-state index in [1.54, 1.807) is 11.8 Å². The molecular formula is C20H23F3N4O4. The van der Waals surface area contributed by atoms with E-state index in [4.69, 9.17) is 4.74 Å². The van der Waals surface area contributed by atoms with Gasteiger partial charge in [0.2, 0.25) is 5.82 Å². The SMILES string of the molecule is CCC(=O)Cn1nc(N2CCC(Oc3ccccc3C(F)(F)F)CC2)c(=O)n(C)c1=O. The summed E-state index contributed by atoms with van der Waals surface area (Å²) in [5.41, 5.74) is -2.11. The van der Waals surface area contributed by atoms with E-state index in [9.17, 15) is 27.6 Å². The molecule has 0 spiro atoms. The number of hydrogen-bond acceptors (Lipinski definition) is 6. The lowest BCUT2D eigenvalue weighted by Crippen LogP contribution is -2.47. The third-order valence-corrected chi connectivity index (χ3v) is 5.17. The molecule has 0 saturated carbocycles. The number of anilines is 1. The molecule has 8 nitrogen and oxygen atoms in total. The molecule has 0 amide bonds. The van der Waals surface area contributed by atoms with Crippen molar-refractivity contribution >= 4 is 11.6 Å². The summed E-state index contributed by atoms with van der Waals surface area (Å²) in [6.45, 7) is 2.05. The first-order valence-corrected chi connectivity index (χ1v) is 9.89. The monoisotopic (exact) mass is 440 g/mol. The third-order valence-electron chi connectivity index (χ3n) is 5.17. The van der Waals surface area contributed by atoms with E-state index < -0.39 is 29.1 Å². The van der Waals surface area contributed by atoms with Crippen molar-refractivity contribution in [3.63, 3.8) is 0 Å². The molecule has 1 aromatic carbocycles. The molecule has 0 atom stereocenters. The summed E-state index contributed by atoms with van der Waals surface area (Å²) in [6, 6.07) is 5.04.